The van der Waals surface area contributed by atoms with Gasteiger partial charge in [0.1, 0.15) is 0 Å². The quantitative estimate of drug-likeness (QED) is 0.438. The fraction of sp³-hybridized carbons (Fsp3) is 0.857. The number of nitrogens with one attached hydrogen (secondary N) is 2. The Morgan fingerprint density at radius 3 is 2.82 bits per heavy atom. The third kappa shape index (κ3) is 7.29. The molecule has 4 heteroatoms. The van der Waals surface area contributed by atoms with Gasteiger partial charge in [0, 0.05) is 6.54 Å². The topological polar surface area (TPSA) is 67.2 Å². The molecule has 0 radical (unpaired) electrons. The van der Waals surface area contributed by atoms with Crippen LogP contribution in [0.5, 0.6) is 0 Å². The maximum absolute atomic E-state index is 10.9. The van der Waals surface area contributed by atoms with Crippen LogP contribution in [-0.2, 0) is 4.79 Å². The first-order valence-electron chi connectivity index (χ1n) is 3.98. The third-order valence-corrected chi connectivity index (χ3v) is 1.24. The van der Waals surface area contributed by atoms with Gasteiger partial charge < -0.3 is 16.4 Å². The number of hydrogen-bond donors (Lipinski definition) is 3. The van der Waals surface area contributed by atoms with Crippen molar-refractivity contribution in [1.82, 2.24) is 10.6 Å². The molecule has 4 N–H and O–H groups in total. The molecule has 1 amide bonds. The van der Waals surface area contributed by atoms with E-state index in [1.807, 2.05) is 6.92 Å². The second-order valence-electron chi connectivity index (χ2n) is 2.27. The largest absolute Gasteiger partial charge is 0.355 e. The zero-order valence-electron chi connectivity index (χ0n) is 7.02. The molecule has 0 aliphatic heterocycles. The Labute approximate surface area is 67.5 Å². The van der Waals surface area contributed by atoms with Gasteiger partial charge in [0.25, 0.3) is 0 Å². The van der Waals surface area contributed by atoms with Crippen LogP contribution in [0, 0.1) is 0 Å². The summed E-state index contributed by atoms with van der Waals surface area (Å²) in [5, 5.41) is 5.67. The molecule has 0 fully saturated rings. The molecule has 0 bridgehead atoms. The van der Waals surface area contributed by atoms with Crippen LogP contribution in [0.4, 0.5) is 0 Å². The van der Waals surface area contributed by atoms with Gasteiger partial charge in [-0.25, -0.2) is 0 Å². The van der Waals surface area contributed by atoms with Gasteiger partial charge in [0.05, 0.1) is 6.54 Å². The second-order valence-corrected chi connectivity index (χ2v) is 2.27. The van der Waals surface area contributed by atoms with E-state index in [4.69, 9.17) is 5.73 Å². The average Bonchev–Trinajstić information content (AvgIpc) is 2.01. The molecule has 0 heterocycles. The van der Waals surface area contributed by atoms with Gasteiger partial charge in [-0.3, -0.25) is 4.79 Å². The zero-order chi connectivity index (χ0) is 8.53. The molecule has 0 aromatic rings. The van der Waals surface area contributed by atoms with Crippen LogP contribution in [0.2, 0.25) is 0 Å². The van der Waals surface area contributed by atoms with Crippen molar-refractivity contribution in [2.75, 3.05) is 26.2 Å². The predicted molar refractivity (Wildman–Crippen MR) is 45.2 cm³/mol. The summed E-state index contributed by atoms with van der Waals surface area (Å²) >= 11 is 0. The van der Waals surface area contributed by atoms with E-state index in [0.717, 1.165) is 13.0 Å². The van der Waals surface area contributed by atoms with Crippen molar-refractivity contribution in [3.05, 3.63) is 0 Å². The van der Waals surface area contributed by atoms with Crippen LogP contribution in [-0.4, -0.2) is 32.1 Å². The predicted octanol–water partition coefficient (Wildman–Crippen LogP) is -0.939. The number of carbonyl (C=O) groups is 1. The van der Waals surface area contributed by atoms with E-state index in [2.05, 4.69) is 10.6 Å². The standard InChI is InChI=1S/C7H17N3O/c1-2-9-6-7(11)10-5-3-4-8/h9H,2-6,8H2,1H3,(H,10,11). The Kier molecular flexibility index (Phi) is 7.08. The summed E-state index contributed by atoms with van der Waals surface area (Å²) in [7, 11) is 0. The van der Waals surface area contributed by atoms with Gasteiger partial charge in [-0.1, -0.05) is 6.92 Å². The number of nitrogens with two attached hydrogens (primary N) is 1. The first kappa shape index (κ1) is 10.4. The third-order valence-electron chi connectivity index (χ3n) is 1.24. The summed E-state index contributed by atoms with van der Waals surface area (Å²) < 4.78 is 0. The highest BCUT2D eigenvalue weighted by molar-refractivity contribution is 5.77. The Bertz CT molecular complexity index is 106. The molecule has 0 aromatic carbocycles. The Morgan fingerprint density at radius 2 is 2.27 bits per heavy atom. The van der Waals surface area contributed by atoms with Crippen LogP contribution in [0.1, 0.15) is 13.3 Å². The highest BCUT2D eigenvalue weighted by atomic mass is 16.1. The van der Waals surface area contributed by atoms with E-state index in [-0.39, 0.29) is 5.91 Å². The van der Waals surface area contributed by atoms with Crippen LogP contribution in [0.25, 0.3) is 0 Å². The Hall–Kier alpha value is -0.610. The number of hydrogen-bond acceptors (Lipinski definition) is 3. The van der Waals surface area contributed by atoms with Gasteiger partial charge in [0.15, 0.2) is 0 Å². The molecular weight excluding hydrogens is 142 g/mol. The molecule has 0 aromatic heterocycles. The molecule has 0 aliphatic rings. The summed E-state index contributed by atoms with van der Waals surface area (Å²) in [6.07, 6.45) is 0.845. The normalized spacial score (nSPS) is 9.64. The zero-order valence-corrected chi connectivity index (χ0v) is 7.02. The van der Waals surface area contributed by atoms with Crippen molar-refractivity contribution in [2.45, 2.75) is 13.3 Å². The lowest BCUT2D eigenvalue weighted by atomic mass is 10.4. The highest BCUT2D eigenvalue weighted by Gasteiger charge is 1.96. The molecule has 0 spiro atoms. The van der Waals surface area contributed by atoms with Gasteiger partial charge in [-0.2, -0.15) is 0 Å². The minimum Gasteiger partial charge on any atom is -0.355 e. The van der Waals surface area contributed by atoms with Crippen molar-refractivity contribution >= 4 is 5.91 Å². The molecule has 0 atom stereocenters. The summed E-state index contributed by atoms with van der Waals surface area (Å²) in [5.41, 5.74) is 5.25. The van der Waals surface area contributed by atoms with Crippen molar-refractivity contribution in [3.8, 4) is 0 Å². The van der Waals surface area contributed by atoms with Crippen molar-refractivity contribution in [1.29, 1.82) is 0 Å². The van der Waals surface area contributed by atoms with Crippen molar-refractivity contribution in [3.63, 3.8) is 0 Å². The maximum atomic E-state index is 10.9. The first-order valence-corrected chi connectivity index (χ1v) is 3.98. The monoisotopic (exact) mass is 159 g/mol. The van der Waals surface area contributed by atoms with E-state index in [9.17, 15) is 4.79 Å². The number of amides is 1. The van der Waals surface area contributed by atoms with Crippen LogP contribution in [0.15, 0.2) is 0 Å². The number of likely N-dealkylation sites (N-methyl/N-ethyl adjacent to an activating group) is 1. The molecule has 11 heavy (non-hydrogen) atoms. The van der Waals surface area contributed by atoms with Gasteiger partial charge in [-0.05, 0) is 19.5 Å². The van der Waals surface area contributed by atoms with Crippen LogP contribution in [0.3, 0.4) is 0 Å². The minimum absolute atomic E-state index is 0.0419. The number of carbonyl (C=O) groups excluding carboxylic acids is 1. The fourth-order valence-corrected chi connectivity index (χ4v) is 0.631. The minimum atomic E-state index is 0.0419. The molecule has 0 saturated heterocycles. The molecule has 4 nitrogen and oxygen atoms in total. The highest BCUT2D eigenvalue weighted by Crippen LogP contribution is 1.70. The van der Waals surface area contributed by atoms with Crippen molar-refractivity contribution in [2.24, 2.45) is 5.73 Å². The van der Waals surface area contributed by atoms with Gasteiger partial charge >= 0.3 is 0 Å². The Morgan fingerprint density at radius 1 is 1.55 bits per heavy atom. The average molecular weight is 159 g/mol. The number of rotatable bonds is 6. The maximum Gasteiger partial charge on any atom is 0.233 e. The molecule has 0 aliphatic carbocycles. The molecule has 0 rings (SSSR count). The summed E-state index contributed by atoms with van der Waals surface area (Å²) in [5.74, 6) is 0.0419. The van der Waals surface area contributed by atoms with E-state index in [1.54, 1.807) is 0 Å². The van der Waals surface area contributed by atoms with Gasteiger partial charge in [-0.15, -0.1) is 0 Å². The SMILES string of the molecule is CCNCC(=O)NCCCN. The van der Waals surface area contributed by atoms with E-state index in [1.165, 1.54) is 0 Å². The fourth-order valence-electron chi connectivity index (χ4n) is 0.631. The van der Waals surface area contributed by atoms with E-state index >= 15 is 0 Å². The summed E-state index contributed by atoms with van der Waals surface area (Å²) in [4.78, 5) is 10.9. The summed E-state index contributed by atoms with van der Waals surface area (Å²) in [6.45, 7) is 4.50. The van der Waals surface area contributed by atoms with Crippen molar-refractivity contribution < 1.29 is 4.79 Å². The van der Waals surface area contributed by atoms with E-state index < -0.39 is 0 Å². The van der Waals surface area contributed by atoms with E-state index in [0.29, 0.717) is 19.6 Å². The smallest absolute Gasteiger partial charge is 0.233 e. The molecule has 66 valence electrons. The van der Waals surface area contributed by atoms with Crippen LogP contribution >= 0.6 is 0 Å². The van der Waals surface area contributed by atoms with Gasteiger partial charge in [0.2, 0.25) is 5.91 Å². The lowest BCUT2D eigenvalue weighted by molar-refractivity contribution is -0.120. The summed E-state index contributed by atoms with van der Waals surface area (Å²) in [6, 6.07) is 0. The lowest BCUT2D eigenvalue weighted by Crippen LogP contribution is -2.34. The molecule has 0 unspecified atom stereocenters. The Balaban J connectivity index is 3.09. The first-order chi connectivity index (χ1) is 5.31. The second kappa shape index (κ2) is 7.50. The van der Waals surface area contributed by atoms with Crippen LogP contribution < -0.4 is 16.4 Å². The molecular formula is C7H17N3O. The lowest BCUT2D eigenvalue weighted by Gasteiger charge is -2.03. The molecule has 0 saturated carbocycles.